The van der Waals surface area contributed by atoms with Gasteiger partial charge in [0.15, 0.2) is 11.6 Å². The molecule has 0 amide bonds. The Kier molecular flexibility index (Phi) is 6.54. The molecular formula is C18H25N7S. The second-order valence-corrected chi connectivity index (χ2v) is 7.04. The molecular weight excluding hydrogens is 346 g/mol. The first-order chi connectivity index (χ1) is 12.8. The van der Waals surface area contributed by atoms with E-state index < -0.39 is 0 Å². The maximum Gasteiger partial charge on any atom is 0.191 e. The second kappa shape index (κ2) is 9.28. The molecule has 7 nitrogen and oxygen atoms in total. The van der Waals surface area contributed by atoms with E-state index in [-0.39, 0.29) is 0 Å². The number of pyridine rings is 1. The van der Waals surface area contributed by atoms with E-state index in [1.165, 1.54) is 4.88 Å². The van der Waals surface area contributed by atoms with Gasteiger partial charge in [-0.25, -0.2) is 9.98 Å². The van der Waals surface area contributed by atoms with Crippen LogP contribution in [0.15, 0.2) is 35.6 Å². The number of aromatic nitrogens is 4. The Balaban J connectivity index is 1.49. The number of rotatable bonds is 8. The number of guanidine groups is 1. The van der Waals surface area contributed by atoms with Gasteiger partial charge < -0.3 is 10.6 Å². The van der Waals surface area contributed by atoms with E-state index in [4.69, 9.17) is 0 Å². The lowest BCUT2D eigenvalue weighted by molar-refractivity contribution is 0.715. The van der Waals surface area contributed by atoms with Gasteiger partial charge in [0.05, 0.1) is 6.54 Å². The fourth-order valence-corrected chi connectivity index (χ4v) is 3.37. The number of fused-ring (bicyclic) bond motifs is 1. The molecule has 3 aromatic rings. The van der Waals surface area contributed by atoms with E-state index in [1.54, 1.807) is 11.3 Å². The number of aliphatic imine (C=N–C) groups is 1. The van der Waals surface area contributed by atoms with Crippen molar-refractivity contribution >= 4 is 22.9 Å². The Morgan fingerprint density at radius 1 is 1.23 bits per heavy atom. The maximum absolute atomic E-state index is 4.62. The normalized spacial score (nSPS) is 11.8. The first-order valence-electron chi connectivity index (χ1n) is 9.04. The minimum atomic E-state index is 0.606. The van der Waals surface area contributed by atoms with Gasteiger partial charge in [0.1, 0.15) is 10.8 Å². The first-order valence-corrected chi connectivity index (χ1v) is 9.86. The molecule has 0 aliphatic carbocycles. The van der Waals surface area contributed by atoms with Crippen LogP contribution in [-0.2, 0) is 19.4 Å². The van der Waals surface area contributed by atoms with Crippen LogP contribution in [0.25, 0.3) is 5.65 Å². The molecule has 0 atom stereocenters. The van der Waals surface area contributed by atoms with Crippen LogP contribution >= 0.6 is 11.3 Å². The van der Waals surface area contributed by atoms with Crippen molar-refractivity contribution in [3.63, 3.8) is 0 Å². The van der Waals surface area contributed by atoms with Crippen LogP contribution in [0.3, 0.4) is 0 Å². The van der Waals surface area contributed by atoms with Crippen LogP contribution in [0.2, 0.25) is 0 Å². The summed E-state index contributed by atoms with van der Waals surface area (Å²) in [6.45, 7) is 6.47. The molecule has 26 heavy (non-hydrogen) atoms. The predicted octanol–water partition coefficient (Wildman–Crippen LogP) is 2.44. The third-order valence-electron chi connectivity index (χ3n) is 3.92. The molecule has 0 saturated carbocycles. The summed E-state index contributed by atoms with van der Waals surface area (Å²) in [6, 6.07) is 5.93. The summed E-state index contributed by atoms with van der Waals surface area (Å²) in [5.74, 6) is 1.81. The van der Waals surface area contributed by atoms with Gasteiger partial charge >= 0.3 is 0 Å². The van der Waals surface area contributed by atoms with E-state index in [2.05, 4.69) is 44.7 Å². The van der Waals surface area contributed by atoms with E-state index >= 15 is 0 Å². The minimum Gasteiger partial charge on any atom is -0.357 e. The lowest BCUT2D eigenvalue weighted by Crippen LogP contribution is -2.37. The highest BCUT2D eigenvalue weighted by Crippen LogP contribution is 2.13. The standard InChI is InChI=1S/C18H25N7S/c1-3-14-12-21-17(26-14)13-22-18(19-4-2)20-10-7-9-16-24-23-15-8-5-6-11-25(15)16/h5-6,8,11-12H,3-4,7,9-10,13H2,1-2H3,(H2,19,20,22). The SMILES string of the molecule is CCNC(=NCc1ncc(CC)s1)NCCCc1nnc2ccccn12. The highest BCUT2D eigenvalue weighted by atomic mass is 32.1. The van der Waals surface area contributed by atoms with Crippen LogP contribution in [0, 0.1) is 0 Å². The molecule has 138 valence electrons. The summed E-state index contributed by atoms with van der Waals surface area (Å²) in [5.41, 5.74) is 0.889. The van der Waals surface area contributed by atoms with Gasteiger partial charge in [0, 0.05) is 36.8 Å². The summed E-state index contributed by atoms with van der Waals surface area (Å²) in [5, 5.41) is 16.2. The lowest BCUT2D eigenvalue weighted by Gasteiger charge is -2.10. The van der Waals surface area contributed by atoms with Crippen molar-refractivity contribution in [2.45, 2.75) is 39.7 Å². The third-order valence-corrected chi connectivity index (χ3v) is 5.05. The highest BCUT2D eigenvalue weighted by Gasteiger charge is 2.05. The van der Waals surface area contributed by atoms with E-state index in [0.717, 1.165) is 54.8 Å². The van der Waals surface area contributed by atoms with E-state index in [1.807, 2.05) is 35.0 Å². The van der Waals surface area contributed by atoms with Gasteiger partial charge in [0.2, 0.25) is 0 Å². The van der Waals surface area contributed by atoms with Crippen LogP contribution < -0.4 is 10.6 Å². The molecule has 3 aromatic heterocycles. The summed E-state index contributed by atoms with van der Waals surface area (Å²) in [4.78, 5) is 10.3. The molecule has 0 unspecified atom stereocenters. The third kappa shape index (κ3) is 4.78. The van der Waals surface area contributed by atoms with Gasteiger partial charge in [-0.2, -0.15) is 0 Å². The Hall–Kier alpha value is -2.48. The monoisotopic (exact) mass is 371 g/mol. The van der Waals surface area contributed by atoms with Crippen molar-refractivity contribution in [2.24, 2.45) is 4.99 Å². The van der Waals surface area contributed by atoms with Crippen molar-refractivity contribution < 1.29 is 0 Å². The molecule has 0 saturated heterocycles. The molecule has 0 aliphatic heterocycles. The molecule has 0 aromatic carbocycles. The summed E-state index contributed by atoms with van der Waals surface area (Å²) >= 11 is 1.73. The zero-order chi connectivity index (χ0) is 18.2. The van der Waals surface area contributed by atoms with Crippen molar-refractivity contribution in [3.05, 3.63) is 46.3 Å². The number of hydrogen-bond donors (Lipinski definition) is 2. The van der Waals surface area contributed by atoms with Crippen LogP contribution in [-0.4, -0.2) is 38.6 Å². The topological polar surface area (TPSA) is 79.5 Å². The molecule has 0 aliphatic rings. The van der Waals surface area contributed by atoms with Crippen molar-refractivity contribution in [1.29, 1.82) is 0 Å². The molecule has 0 radical (unpaired) electrons. The Morgan fingerprint density at radius 2 is 2.15 bits per heavy atom. The average Bonchev–Trinajstić information content (AvgIpc) is 3.30. The number of nitrogens with zero attached hydrogens (tertiary/aromatic N) is 5. The van der Waals surface area contributed by atoms with Gasteiger partial charge in [-0.05, 0) is 31.9 Å². The quantitative estimate of drug-likeness (QED) is 0.361. The number of hydrogen-bond acceptors (Lipinski definition) is 5. The Bertz CT molecular complexity index is 852. The van der Waals surface area contributed by atoms with Crippen molar-refractivity contribution in [1.82, 2.24) is 30.2 Å². The maximum atomic E-state index is 4.62. The highest BCUT2D eigenvalue weighted by molar-refractivity contribution is 7.11. The smallest absolute Gasteiger partial charge is 0.191 e. The molecule has 2 N–H and O–H groups in total. The molecule has 3 heterocycles. The largest absolute Gasteiger partial charge is 0.357 e. The summed E-state index contributed by atoms with van der Waals surface area (Å²) in [7, 11) is 0. The molecule has 0 bridgehead atoms. The van der Waals surface area contributed by atoms with Crippen molar-refractivity contribution in [2.75, 3.05) is 13.1 Å². The molecule has 0 spiro atoms. The zero-order valence-electron chi connectivity index (χ0n) is 15.3. The number of nitrogens with one attached hydrogen (secondary N) is 2. The van der Waals surface area contributed by atoms with Crippen LogP contribution in [0.4, 0.5) is 0 Å². The molecule has 0 fully saturated rings. The first kappa shape index (κ1) is 18.3. The number of thiazole rings is 1. The van der Waals surface area contributed by atoms with Crippen LogP contribution in [0.5, 0.6) is 0 Å². The fourth-order valence-electron chi connectivity index (χ4n) is 2.59. The second-order valence-electron chi connectivity index (χ2n) is 5.84. The van der Waals surface area contributed by atoms with Gasteiger partial charge in [0.25, 0.3) is 0 Å². The fraction of sp³-hybridized carbons (Fsp3) is 0.444. The Labute approximate surface area is 157 Å². The van der Waals surface area contributed by atoms with E-state index in [0.29, 0.717) is 6.54 Å². The summed E-state index contributed by atoms with van der Waals surface area (Å²) < 4.78 is 2.03. The van der Waals surface area contributed by atoms with Gasteiger partial charge in [-0.1, -0.05) is 13.0 Å². The molecule has 3 rings (SSSR count). The lowest BCUT2D eigenvalue weighted by atomic mass is 10.3. The minimum absolute atomic E-state index is 0.606. The van der Waals surface area contributed by atoms with Gasteiger partial charge in [-0.15, -0.1) is 21.5 Å². The van der Waals surface area contributed by atoms with Gasteiger partial charge in [-0.3, -0.25) is 4.40 Å². The van der Waals surface area contributed by atoms with Crippen LogP contribution in [0.1, 0.15) is 36.0 Å². The zero-order valence-corrected chi connectivity index (χ0v) is 16.1. The Morgan fingerprint density at radius 3 is 2.96 bits per heavy atom. The number of aryl methyl sites for hydroxylation is 2. The molecule has 8 heteroatoms. The summed E-state index contributed by atoms with van der Waals surface area (Å²) in [6.07, 6.45) is 6.79. The van der Waals surface area contributed by atoms with E-state index in [9.17, 15) is 0 Å². The average molecular weight is 372 g/mol. The predicted molar refractivity (Wildman–Crippen MR) is 106 cm³/mol. The van der Waals surface area contributed by atoms with Crippen molar-refractivity contribution in [3.8, 4) is 0 Å².